The monoisotopic (exact) mass is 372 g/mol. The number of hydrogen-bond donors (Lipinski definition) is 2. The predicted molar refractivity (Wildman–Crippen MR) is 94.9 cm³/mol. The topological polar surface area (TPSA) is 106 Å². The number of carbonyl (C=O) groups excluding carboxylic acids is 2. The number of rotatable bonds is 4. The maximum atomic E-state index is 12.3. The molecule has 8 nitrogen and oxygen atoms in total. The van der Waals surface area contributed by atoms with Crippen molar-refractivity contribution in [2.75, 3.05) is 12.4 Å². The van der Waals surface area contributed by atoms with E-state index in [2.05, 4.69) is 20.0 Å². The van der Waals surface area contributed by atoms with Gasteiger partial charge in [0.15, 0.2) is 0 Å². The third-order valence-corrected chi connectivity index (χ3v) is 3.73. The van der Waals surface area contributed by atoms with Crippen LogP contribution in [0.5, 0.6) is 0 Å². The van der Waals surface area contributed by atoms with Crippen molar-refractivity contribution < 1.29 is 14.3 Å². The second-order valence-electron chi connectivity index (χ2n) is 5.22. The van der Waals surface area contributed by atoms with Crippen LogP contribution in [0.1, 0.15) is 20.8 Å². The standard InChI is InChI=1S/C17H13ClN4O4/c1-26-17(25)10-5-13(15(23)19-7-10)21-16(24)14-8-22(9-20-14)12-4-2-3-11(18)6-12/h2-9H,1H3,(H,19,23)(H,21,24). The Morgan fingerprint density at radius 1 is 1.31 bits per heavy atom. The molecule has 2 N–H and O–H groups in total. The van der Waals surface area contributed by atoms with E-state index >= 15 is 0 Å². The number of amides is 1. The maximum Gasteiger partial charge on any atom is 0.339 e. The fraction of sp³-hybridized carbons (Fsp3) is 0.0588. The number of halogens is 1. The number of anilines is 1. The number of aromatic amines is 1. The highest BCUT2D eigenvalue weighted by atomic mass is 35.5. The van der Waals surface area contributed by atoms with E-state index in [1.165, 1.54) is 31.9 Å². The van der Waals surface area contributed by atoms with Crippen LogP contribution >= 0.6 is 11.6 Å². The van der Waals surface area contributed by atoms with Crippen LogP contribution in [0.15, 0.2) is 53.8 Å². The lowest BCUT2D eigenvalue weighted by molar-refractivity contribution is 0.0600. The average molecular weight is 373 g/mol. The smallest absolute Gasteiger partial charge is 0.339 e. The number of nitrogens with one attached hydrogen (secondary N) is 2. The van der Waals surface area contributed by atoms with Gasteiger partial charge < -0.3 is 19.6 Å². The SMILES string of the molecule is COC(=O)c1c[nH]c(=O)c(NC(=O)c2cn(-c3cccc(Cl)c3)cn2)c1. The summed E-state index contributed by atoms with van der Waals surface area (Å²) in [6.07, 6.45) is 4.16. The molecule has 2 aromatic heterocycles. The van der Waals surface area contributed by atoms with Gasteiger partial charge in [-0.15, -0.1) is 0 Å². The highest BCUT2D eigenvalue weighted by Crippen LogP contribution is 2.15. The van der Waals surface area contributed by atoms with Gasteiger partial charge >= 0.3 is 5.97 Å². The van der Waals surface area contributed by atoms with Crippen LogP contribution < -0.4 is 10.9 Å². The van der Waals surface area contributed by atoms with Gasteiger partial charge in [-0.25, -0.2) is 9.78 Å². The number of aromatic nitrogens is 3. The first-order chi connectivity index (χ1) is 12.5. The molecule has 0 aliphatic carbocycles. The molecule has 0 bridgehead atoms. The molecule has 26 heavy (non-hydrogen) atoms. The fourth-order valence-corrected chi connectivity index (χ4v) is 2.40. The molecule has 0 aliphatic heterocycles. The average Bonchev–Trinajstić information content (AvgIpc) is 3.13. The number of carbonyl (C=O) groups is 2. The Morgan fingerprint density at radius 3 is 2.85 bits per heavy atom. The van der Waals surface area contributed by atoms with Gasteiger partial charge in [-0.1, -0.05) is 17.7 Å². The summed E-state index contributed by atoms with van der Waals surface area (Å²) in [5, 5.41) is 2.98. The van der Waals surface area contributed by atoms with Crippen LogP contribution in [-0.4, -0.2) is 33.5 Å². The minimum atomic E-state index is -0.637. The molecule has 132 valence electrons. The van der Waals surface area contributed by atoms with Crippen molar-refractivity contribution in [3.8, 4) is 5.69 Å². The summed E-state index contributed by atoms with van der Waals surface area (Å²) < 4.78 is 6.20. The normalized spacial score (nSPS) is 10.4. The van der Waals surface area contributed by atoms with Gasteiger partial charge in [-0.3, -0.25) is 9.59 Å². The Kier molecular flexibility index (Phi) is 4.85. The van der Waals surface area contributed by atoms with Crippen molar-refractivity contribution in [3.05, 3.63) is 75.7 Å². The first-order valence-electron chi connectivity index (χ1n) is 7.40. The minimum Gasteiger partial charge on any atom is -0.465 e. The minimum absolute atomic E-state index is 0.0878. The van der Waals surface area contributed by atoms with Crippen molar-refractivity contribution in [1.82, 2.24) is 14.5 Å². The summed E-state index contributed by atoms with van der Waals surface area (Å²) in [6.45, 7) is 0. The second kappa shape index (κ2) is 7.24. The van der Waals surface area contributed by atoms with Gasteiger partial charge in [0.25, 0.3) is 11.5 Å². The van der Waals surface area contributed by atoms with Crippen LogP contribution in [0.2, 0.25) is 5.02 Å². The number of imidazole rings is 1. The first-order valence-corrected chi connectivity index (χ1v) is 7.78. The number of H-pyrrole nitrogens is 1. The van der Waals surface area contributed by atoms with Crippen molar-refractivity contribution >= 4 is 29.2 Å². The molecule has 2 heterocycles. The second-order valence-corrected chi connectivity index (χ2v) is 5.66. The van der Waals surface area contributed by atoms with E-state index in [0.29, 0.717) is 5.02 Å². The largest absolute Gasteiger partial charge is 0.465 e. The number of methoxy groups -OCH3 is 1. The molecular weight excluding hydrogens is 360 g/mol. The lowest BCUT2D eigenvalue weighted by atomic mass is 10.2. The van der Waals surface area contributed by atoms with Crippen molar-refractivity contribution in [2.45, 2.75) is 0 Å². The fourth-order valence-electron chi connectivity index (χ4n) is 2.22. The summed E-state index contributed by atoms with van der Waals surface area (Å²) in [7, 11) is 1.22. The van der Waals surface area contributed by atoms with Crippen LogP contribution in [0, 0.1) is 0 Å². The van der Waals surface area contributed by atoms with E-state index in [4.69, 9.17) is 11.6 Å². The van der Waals surface area contributed by atoms with Gasteiger partial charge in [0.2, 0.25) is 0 Å². The number of ether oxygens (including phenoxy) is 1. The Morgan fingerprint density at radius 2 is 2.12 bits per heavy atom. The van der Waals surface area contributed by atoms with Crippen molar-refractivity contribution in [3.63, 3.8) is 0 Å². The molecule has 1 amide bonds. The molecule has 0 saturated carbocycles. The maximum absolute atomic E-state index is 12.3. The van der Waals surface area contributed by atoms with Crippen LogP contribution in [0.25, 0.3) is 5.69 Å². The van der Waals surface area contributed by atoms with E-state index < -0.39 is 17.4 Å². The summed E-state index contributed by atoms with van der Waals surface area (Å²) in [5.74, 6) is -1.24. The quantitative estimate of drug-likeness (QED) is 0.683. The summed E-state index contributed by atoms with van der Waals surface area (Å²) in [6, 6.07) is 8.26. The number of benzene rings is 1. The van der Waals surface area contributed by atoms with E-state index in [1.54, 1.807) is 28.8 Å². The molecule has 1 aromatic carbocycles. The zero-order valence-corrected chi connectivity index (χ0v) is 14.3. The van der Waals surface area contributed by atoms with E-state index in [0.717, 1.165) is 5.69 Å². The van der Waals surface area contributed by atoms with Crippen molar-refractivity contribution in [2.24, 2.45) is 0 Å². The zero-order valence-electron chi connectivity index (χ0n) is 13.5. The highest BCUT2D eigenvalue weighted by Gasteiger charge is 2.14. The van der Waals surface area contributed by atoms with Gasteiger partial charge in [0.1, 0.15) is 17.7 Å². The van der Waals surface area contributed by atoms with Crippen LogP contribution in [0.3, 0.4) is 0 Å². The molecule has 0 aliphatic rings. The number of esters is 1. The third-order valence-electron chi connectivity index (χ3n) is 3.49. The Bertz CT molecular complexity index is 1040. The highest BCUT2D eigenvalue weighted by molar-refractivity contribution is 6.30. The van der Waals surface area contributed by atoms with Gasteiger partial charge in [0.05, 0.1) is 12.7 Å². The molecule has 3 rings (SSSR count). The summed E-state index contributed by atoms with van der Waals surface area (Å²) in [5.41, 5.74) is 0.282. The number of nitrogens with zero attached hydrogens (tertiary/aromatic N) is 2. The summed E-state index contributed by atoms with van der Waals surface area (Å²) in [4.78, 5) is 42.1. The number of pyridine rings is 1. The Hall–Kier alpha value is -3.39. The lowest BCUT2D eigenvalue weighted by Crippen LogP contribution is -2.21. The van der Waals surface area contributed by atoms with E-state index in [9.17, 15) is 14.4 Å². The molecule has 0 unspecified atom stereocenters. The molecule has 0 fully saturated rings. The molecule has 0 spiro atoms. The predicted octanol–water partition coefficient (Wildman–Crippen LogP) is 2.25. The lowest BCUT2D eigenvalue weighted by Gasteiger charge is -2.04. The molecule has 0 radical (unpaired) electrons. The molecule has 3 aromatic rings. The number of hydrogen-bond acceptors (Lipinski definition) is 5. The molecular formula is C17H13ClN4O4. The van der Waals surface area contributed by atoms with Gasteiger partial charge in [0, 0.05) is 23.1 Å². The van der Waals surface area contributed by atoms with E-state index in [1.807, 2.05) is 0 Å². The van der Waals surface area contributed by atoms with Crippen LogP contribution in [0.4, 0.5) is 5.69 Å². The first kappa shape index (κ1) is 17.4. The molecule has 9 heteroatoms. The van der Waals surface area contributed by atoms with Crippen molar-refractivity contribution in [1.29, 1.82) is 0 Å². The Balaban J connectivity index is 1.83. The van der Waals surface area contributed by atoms with Gasteiger partial charge in [-0.05, 0) is 24.3 Å². The zero-order chi connectivity index (χ0) is 18.7. The molecule has 0 atom stereocenters. The summed E-state index contributed by atoms with van der Waals surface area (Å²) >= 11 is 5.95. The van der Waals surface area contributed by atoms with Gasteiger partial charge in [-0.2, -0.15) is 0 Å². The third kappa shape index (κ3) is 3.65. The molecule has 0 saturated heterocycles. The van der Waals surface area contributed by atoms with E-state index in [-0.39, 0.29) is 16.9 Å². The Labute approximate surface area is 152 Å². The van der Waals surface area contributed by atoms with Crippen LogP contribution in [-0.2, 0) is 4.74 Å².